The summed E-state index contributed by atoms with van der Waals surface area (Å²) in [6.45, 7) is 9.16. The van der Waals surface area contributed by atoms with Crippen molar-refractivity contribution >= 4 is 11.5 Å². The number of hydrogen-bond acceptors (Lipinski definition) is 4. The Morgan fingerprint density at radius 1 is 1.31 bits per heavy atom. The van der Waals surface area contributed by atoms with Crippen LogP contribution in [-0.2, 0) is 11.2 Å². The topological polar surface area (TPSA) is 42.4 Å². The van der Waals surface area contributed by atoms with Crippen LogP contribution in [0.4, 0.5) is 10.1 Å². The Labute approximate surface area is 191 Å². The van der Waals surface area contributed by atoms with Gasteiger partial charge in [0.05, 0.1) is 17.9 Å². The van der Waals surface area contributed by atoms with Crippen LogP contribution in [-0.4, -0.2) is 30.0 Å². The molecule has 2 aromatic rings. The zero-order chi connectivity index (χ0) is 22.9. The minimum Gasteiger partial charge on any atom is -0.489 e. The van der Waals surface area contributed by atoms with Crippen LogP contribution in [0.25, 0.3) is 0 Å². The van der Waals surface area contributed by atoms with Crippen molar-refractivity contribution in [3.63, 3.8) is 0 Å². The van der Waals surface area contributed by atoms with Gasteiger partial charge < -0.3 is 9.64 Å². The summed E-state index contributed by atoms with van der Waals surface area (Å²) in [4.78, 5) is 18.6. The van der Waals surface area contributed by atoms with Gasteiger partial charge >= 0.3 is 0 Å². The molecule has 0 amide bonds. The summed E-state index contributed by atoms with van der Waals surface area (Å²) >= 11 is 0. The zero-order valence-electron chi connectivity index (χ0n) is 19.4. The Morgan fingerprint density at radius 2 is 2.09 bits per heavy atom. The summed E-state index contributed by atoms with van der Waals surface area (Å²) in [5, 5.41) is 0. The Kier molecular flexibility index (Phi) is 8.83. The summed E-state index contributed by atoms with van der Waals surface area (Å²) in [7, 11) is 0. The fourth-order valence-corrected chi connectivity index (χ4v) is 4.13. The molecule has 1 fully saturated rings. The fraction of sp³-hybridized carbons (Fsp3) is 0.481. The van der Waals surface area contributed by atoms with Crippen molar-refractivity contribution in [3.8, 4) is 5.75 Å². The number of aromatic nitrogens is 1. The lowest BCUT2D eigenvalue weighted by molar-refractivity contribution is -0.120. The number of benzene rings is 1. The smallest absolute Gasteiger partial charge is 0.167 e. The predicted molar refractivity (Wildman–Crippen MR) is 128 cm³/mol. The van der Waals surface area contributed by atoms with Crippen LogP contribution in [0.2, 0.25) is 0 Å². The van der Waals surface area contributed by atoms with Gasteiger partial charge in [-0.25, -0.2) is 4.39 Å². The lowest BCUT2D eigenvalue weighted by atomic mass is 9.93. The SMILES string of the molecule is C=CCCCC(=O)C(C)c1ccc(OC2CCN(c3ccnc(CCCC)c3F)C2)cc1. The number of nitrogens with zero attached hydrogens (tertiary/aromatic N) is 2. The number of rotatable bonds is 12. The van der Waals surface area contributed by atoms with Gasteiger partial charge in [0, 0.05) is 31.5 Å². The van der Waals surface area contributed by atoms with Crippen LogP contribution in [0.1, 0.15) is 69.5 Å². The highest BCUT2D eigenvalue weighted by Crippen LogP contribution is 2.28. The second-order valence-electron chi connectivity index (χ2n) is 8.61. The van der Waals surface area contributed by atoms with E-state index in [4.69, 9.17) is 4.74 Å². The molecular weight excluding hydrogens is 403 g/mol. The number of ketones is 1. The van der Waals surface area contributed by atoms with E-state index < -0.39 is 0 Å². The molecule has 0 aliphatic carbocycles. The molecule has 1 aliphatic heterocycles. The van der Waals surface area contributed by atoms with Crippen molar-refractivity contribution in [2.24, 2.45) is 0 Å². The van der Waals surface area contributed by atoms with Crippen LogP contribution < -0.4 is 9.64 Å². The number of allylic oxidation sites excluding steroid dienone is 1. The standard InChI is InChI=1S/C27H35FN2O2/c1-4-6-8-10-26(31)20(3)21-11-13-22(14-12-21)32-23-16-18-30(19-23)25-15-17-29-24(27(25)28)9-7-5-2/h4,11-15,17,20,23H,1,5-10,16,18-19H2,2-3H3. The Hall–Kier alpha value is -2.69. The summed E-state index contributed by atoms with van der Waals surface area (Å²) in [6.07, 6.45) is 9.33. The number of anilines is 1. The van der Waals surface area contributed by atoms with Crippen molar-refractivity contribution < 1.29 is 13.9 Å². The molecule has 172 valence electrons. The van der Waals surface area contributed by atoms with Gasteiger partial charge in [-0.2, -0.15) is 0 Å². The van der Waals surface area contributed by atoms with Crippen molar-refractivity contribution in [2.75, 3.05) is 18.0 Å². The van der Waals surface area contributed by atoms with Gasteiger partial charge in [-0.3, -0.25) is 9.78 Å². The number of hydrogen-bond donors (Lipinski definition) is 0. The van der Waals surface area contributed by atoms with Crippen LogP contribution in [0.5, 0.6) is 5.75 Å². The van der Waals surface area contributed by atoms with E-state index in [0.29, 0.717) is 30.8 Å². The normalized spacial score (nSPS) is 16.7. The molecule has 5 heteroatoms. The van der Waals surface area contributed by atoms with E-state index in [-0.39, 0.29) is 23.6 Å². The van der Waals surface area contributed by atoms with Crippen LogP contribution in [0, 0.1) is 5.82 Å². The third-order valence-electron chi connectivity index (χ3n) is 6.19. The molecule has 1 aliphatic rings. The van der Waals surface area contributed by atoms with Gasteiger partial charge in [0.25, 0.3) is 0 Å². The monoisotopic (exact) mass is 438 g/mol. The minimum absolute atomic E-state index is 0.00506. The van der Waals surface area contributed by atoms with E-state index in [1.165, 1.54) is 0 Å². The predicted octanol–water partition coefficient (Wildman–Crippen LogP) is 6.25. The van der Waals surface area contributed by atoms with Crippen molar-refractivity contribution in [3.05, 3.63) is 66.3 Å². The lowest BCUT2D eigenvalue weighted by Crippen LogP contribution is -2.25. The van der Waals surface area contributed by atoms with Crippen molar-refractivity contribution in [1.29, 1.82) is 0 Å². The number of carbonyl (C=O) groups is 1. The minimum atomic E-state index is -0.197. The maximum Gasteiger partial charge on any atom is 0.167 e. The second-order valence-corrected chi connectivity index (χ2v) is 8.61. The van der Waals surface area contributed by atoms with E-state index in [0.717, 1.165) is 50.0 Å². The molecule has 32 heavy (non-hydrogen) atoms. The average Bonchev–Trinajstić information content (AvgIpc) is 3.26. The van der Waals surface area contributed by atoms with E-state index in [1.807, 2.05) is 37.3 Å². The molecule has 4 nitrogen and oxygen atoms in total. The number of pyridine rings is 1. The molecule has 2 heterocycles. The van der Waals surface area contributed by atoms with Gasteiger partial charge in [-0.1, -0.05) is 38.5 Å². The van der Waals surface area contributed by atoms with Gasteiger partial charge in [0.15, 0.2) is 5.82 Å². The highest BCUT2D eigenvalue weighted by atomic mass is 19.1. The molecule has 3 rings (SSSR count). The molecule has 1 aromatic carbocycles. The fourth-order valence-electron chi connectivity index (χ4n) is 4.13. The molecule has 0 bridgehead atoms. The maximum atomic E-state index is 14.9. The van der Waals surface area contributed by atoms with Crippen molar-refractivity contribution in [1.82, 2.24) is 4.98 Å². The Balaban J connectivity index is 1.56. The number of carbonyl (C=O) groups excluding carboxylic acids is 1. The summed E-state index contributed by atoms with van der Waals surface area (Å²) < 4.78 is 21.1. The van der Waals surface area contributed by atoms with Crippen molar-refractivity contribution in [2.45, 2.75) is 70.8 Å². The maximum absolute atomic E-state index is 14.9. The van der Waals surface area contributed by atoms with Gasteiger partial charge in [0.1, 0.15) is 17.6 Å². The largest absolute Gasteiger partial charge is 0.489 e. The second kappa shape index (κ2) is 11.8. The summed E-state index contributed by atoms with van der Waals surface area (Å²) in [5.41, 5.74) is 2.18. The number of halogens is 1. The number of unbranched alkanes of at least 4 members (excludes halogenated alkanes) is 2. The molecule has 2 unspecified atom stereocenters. The number of Topliss-reactive ketones (excluding diaryl/α,β-unsaturated/α-hetero) is 1. The quantitative estimate of drug-likeness (QED) is 0.290. The Bertz CT molecular complexity index is 897. The molecule has 0 saturated carbocycles. The zero-order valence-corrected chi connectivity index (χ0v) is 19.4. The third kappa shape index (κ3) is 6.18. The van der Waals surface area contributed by atoms with E-state index in [1.54, 1.807) is 12.3 Å². The first-order valence-corrected chi connectivity index (χ1v) is 11.8. The van der Waals surface area contributed by atoms with Gasteiger partial charge in [0.2, 0.25) is 0 Å². The average molecular weight is 439 g/mol. The first-order valence-electron chi connectivity index (χ1n) is 11.8. The molecule has 0 N–H and O–H groups in total. The van der Waals surface area contributed by atoms with Gasteiger partial charge in [-0.15, -0.1) is 6.58 Å². The van der Waals surface area contributed by atoms with Crippen LogP contribution >= 0.6 is 0 Å². The summed E-state index contributed by atoms with van der Waals surface area (Å²) in [5.74, 6) is 0.723. The molecule has 2 atom stereocenters. The molecule has 0 spiro atoms. The van der Waals surface area contributed by atoms with Crippen LogP contribution in [0.15, 0.2) is 49.2 Å². The first-order chi connectivity index (χ1) is 15.5. The Morgan fingerprint density at radius 3 is 2.81 bits per heavy atom. The van der Waals surface area contributed by atoms with Crippen LogP contribution in [0.3, 0.4) is 0 Å². The number of ether oxygens (including phenoxy) is 1. The number of aryl methyl sites for hydroxylation is 1. The third-order valence-corrected chi connectivity index (χ3v) is 6.19. The molecule has 1 saturated heterocycles. The first kappa shape index (κ1) is 24.0. The highest BCUT2D eigenvalue weighted by Gasteiger charge is 2.27. The lowest BCUT2D eigenvalue weighted by Gasteiger charge is -2.20. The van der Waals surface area contributed by atoms with Gasteiger partial charge in [-0.05, 0) is 49.4 Å². The van der Waals surface area contributed by atoms with E-state index >= 15 is 0 Å². The van der Waals surface area contributed by atoms with E-state index in [2.05, 4.69) is 23.4 Å². The van der Waals surface area contributed by atoms with E-state index in [9.17, 15) is 9.18 Å². The summed E-state index contributed by atoms with van der Waals surface area (Å²) in [6, 6.07) is 9.57. The highest BCUT2D eigenvalue weighted by molar-refractivity contribution is 5.85. The molecule has 1 aromatic heterocycles. The molecular formula is C27H35FN2O2. The molecule has 0 radical (unpaired) electrons.